The lowest BCUT2D eigenvalue weighted by molar-refractivity contribution is -0.385. The summed E-state index contributed by atoms with van der Waals surface area (Å²) in [6.45, 7) is 1.35. The molecule has 1 saturated carbocycles. The first-order valence-corrected chi connectivity index (χ1v) is 9.65. The van der Waals surface area contributed by atoms with Crippen LogP contribution in [0.3, 0.4) is 0 Å². The number of benzene rings is 2. The minimum Gasteiger partial charge on any atom is -0.349 e. The van der Waals surface area contributed by atoms with Crippen molar-refractivity contribution in [3.8, 4) is 0 Å². The van der Waals surface area contributed by atoms with Gasteiger partial charge in [0.1, 0.15) is 11.6 Å². The molecule has 0 spiro atoms. The molecule has 31 heavy (non-hydrogen) atoms. The van der Waals surface area contributed by atoms with Crippen molar-refractivity contribution in [1.29, 1.82) is 0 Å². The van der Waals surface area contributed by atoms with Crippen LogP contribution in [0.25, 0.3) is 0 Å². The van der Waals surface area contributed by atoms with E-state index in [2.05, 4.69) is 10.6 Å². The van der Waals surface area contributed by atoms with E-state index in [0.717, 1.165) is 18.9 Å². The highest BCUT2D eigenvalue weighted by molar-refractivity contribution is 6.24. The number of fused-ring (bicyclic) bond motifs is 1. The average Bonchev–Trinajstić information content (AvgIpc) is 3.52. The lowest BCUT2D eigenvalue weighted by atomic mass is 10.1. The first kappa shape index (κ1) is 20.2. The van der Waals surface area contributed by atoms with E-state index in [0.29, 0.717) is 16.2 Å². The van der Waals surface area contributed by atoms with Crippen LogP contribution < -0.4 is 10.6 Å². The molecule has 2 N–H and O–H groups in total. The number of nitro benzene ring substituents is 1. The Labute approximate surface area is 176 Å². The molecule has 10 nitrogen and oxygen atoms in total. The van der Waals surface area contributed by atoms with Crippen LogP contribution in [0.2, 0.25) is 0 Å². The van der Waals surface area contributed by atoms with E-state index >= 15 is 0 Å². The predicted molar refractivity (Wildman–Crippen MR) is 109 cm³/mol. The molecule has 0 unspecified atom stereocenters. The standard InChI is InChI=1S/C21H18N4O6/c1-11(24-20(28)15-6-3-7-16(25(30)31)17(15)21(24)29)18(26)23-14-5-2-4-12(10-14)19(27)22-13-8-9-13/h2-7,10-11,13H,8-9H2,1H3,(H,22,27)(H,23,26)/t11-/m0/s1. The molecule has 2 aromatic rings. The maximum Gasteiger partial charge on any atom is 0.282 e. The van der Waals surface area contributed by atoms with Crippen molar-refractivity contribution in [2.24, 2.45) is 0 Å². The smallest absolute Gasteiger partial charge is 0.282 e. The number of imide groups is 1. The molecule has 0 aromatic heterocycles. The van der Waals surface area contributed by atoms with Crippen LogP contribution in [0.1, 0.15) is 50.8 Å². The molecular weight excluding hydrogens is 404 g/mol. The minimum absolute atomic E-state index is 0.113. The van der Waals surface area contributed by atoms with Gasteiger partial charge in [-0.25, -0.2) is 0 Å². The summed E-state index contributed by atoms with van der Waals surface area (Å²) in [5, 5.41) is 16.7. The zero-order valence-electron chi connectivity index (χ0n) is 16.5. The summed E-state index contributed by atoms with van der Waals surface area (Å²) in [5.41, 5.74) is -0.231. The van der Waals surface area contributed by atoms with Gasteiger partial charge in [-0.15, -0.1) is 0 Å². The van der Waals surface area contributed by atoms with E-state index in [1.165, 1.54) is 25.1 Å². The monoisotopic (exact) mass is 422 g/mol. The third-order valence-corrected chi connectivity index (χ3v) is 5.19. The van der Waals surface area contributed by atoms with Gasteiger partial charge in [-0.3, -0.25) is 34.2 Å². The third kappa shape index (κ3) is 3.75. The second-order valence-electron chi connectivity index (χ2n) is 7.43. The van der Waals surface area contributed by atoms with Crippen molar-refractivity contribution in [3.63, 3.8) is 0 Å². The molecule has 1 aliphatic heterocycles. The largest absolute Gasteiger partial charge is 0.349 e. The molecule has 2 aromatic carbocycles. The number of nitrogens with zero attached hydrogens (tertiary/aromatic N) is 2. The number of rotatable bonds is 6. The van der Waals surface area contributed by atoms with Crippen LogP contribution in [-0.2, 0) is 4.79 Å². The Hall–Kier alpha value is -4.08. The fourth-order valence-corrected chi connectivity index (χ4v) is 3.39. The summed E-state index contributed by atoms with van der Waals surface area (Å²) in [4.78, 5) is 61.6. The van der Waals surface area contributed by atoms with Gasteiger partial charge in [0.2, 0.25) is 5.91 Å². The number of hydrogen-bond donors (Lipinski definition) is 2. The average molecular weight is 422 g/mol. The van der Waals surface area contributed by atoms with E-state index in [4.69, 9.17) is 0 Å². The molecule has 1 atom stereocenters. The van der Waals surface area contributed by atoms with Crippen molar-refractivity contribution >= 4 is 35.0 Å². The summed E-state index contributed by atoms with van der Waals surface area (Å²) >= 11 is 0. The Bertz CT molecular complexity index is 1140. The fourth-order valence-electron chi connectivity index (χ4n) is 3.39. The summed E-state index contributed by atoms with van der Waals surface area (Å²) in [7, 11) is 0. The number of nitrogens with one attached hydrogen (secondary N) is 2. The fraction of sp³-hybridized carbons (Fsp3) is 0.238. The van der Waals surface area contributed by atoms with Crippen LogP contribution in [0.15, 0.2) is 42.5 Å². The molecular formula is C21H18N4O6. The van der Waals surface area contributed by atoms with Gasteiger partial charge in [0.25, 0.3) is 23.4 Å². The first-order valence-electron chi connectivity index (χ1n) is 9.65. The summed E-state index contributed by atoms with van der Waals surface area (Å²) in [6, 6.07) is 9.01. The number of hydrogen-bond acceptors (Lipinski definition) is 6. The Balaban J connectivity index is 1.52. The number of amides is 4. The number of anilines is 1. The Morgan fingerprint density at radius 3 is 2.52 bits per heavy atom. The molecule has 2 aliphatic rings. The quantitative estimate of drug-likeness (QED) is 0.415. The molecule has 1 aliphatic carbocycles. The first-order chi connectivity index (χ1) is 14.8. The number of carbonyl (C=O) groups excluding carboxylic acids is 4. The highest BCUT2D eigenvalue weighted by Crippen LogP contribution is 2.32. The zero-order chi connectivity index (χ0) is 22.3. The molecule has 10 heteroatoms. The third-order valence-electron chi connectivity index (χ3n) is 5.19. The Morgan fingerprint density at radius 1 is 1.13 bits per heavy atom. The van der Waals surface area contributed by atoms with Gasteiger partial charge in [0.15, 0.2) is 0 Å². The van der Waals surface area contributed by atoms with Crippen molar-refractivity contribution in [1.82, 2.24) is 10.2 Å². The van der Waals surface area contributed by atoms with E-state index in [9.17, 15) is 29.3 Å². The van der Waals surface area contributed by atoms with E-state index < -0.39 is 34.4 Å². The highest BCUT2D eigenvalue weighted by Gasteiger charge is 2.44. The topological polar surface area (TPSA) is 139 Å². The van der Waals surface area contributed by atoms with Crippen molar-refractivity contribution < 1.29 is 24.1 Å². The van der Waals surface area contributed by atoms with Gasteiger partial charge < -0.3 is 10.6 Å². The molecule has 1 fully saturated rings. The molecule has 1 heterocycles. The lowest BCUT2D eigenvalue weighted by Crippen LogP contribution is -2.45. The van der Waals surface area contributed by atoms with E-state index in [1.54, 1.807) is 18.2 Å². The Kier molecular flexibility index (Phi) is 4.97. The zero-order valence-corrected chi connectivity index (χ0v) is 16.5. The summed E-state index contributed by atoms with van der Waals surface area (Å²) in [6.07, 6.45) is 1.89. The second kappa shape index (κ2) is 7.63. The normalized spacial score (nSPS) is 16.0. The molecule has 0 bridgehead atoms. The minimum atomic E-state index is -1.23. The maximum atomic E-state index is 12.8. The van der Waals surface area contributed by atoms with Gasteiger partial charge in [-0.2, -0.15) is 0 Å². The number of nitro groups is 1. The van der Waals surface area contributed by atoms with Crippen LogP contribution in [-0.4, -0.2) is 45.5 Å². The molecule has 0 radical (unpaired) electrons. The Morgan fingerprint density at radius 2 is 1.84 bits per heavy atom. The second-order valence-corrected chi connectivity index (χ2v) is 7.43. The SMILES string of the molecule is C[C@@H](C(=O)Nc1cccc(C(=O)NC2CC2)c1)N1C(=O)c2cccc([N+](=O)[O-])c2C1=O. The van der Waals surface area contributed by atoms with Gasteiger partial charge in [0.05, 0.1) is 10.5 Å². The molecule has 158 valence electrons. The molecule has 4 amide bonds. The van der Waals surface area contributed by atoms with Crippen LogP contribution in [0.5, 0.6) is 0 Å². The number of carbonyl (C=O) groups is 4. The maximum absolute atomic E-state index is 12.8. The molecule has 4 rings (SSSR count). The van der Waals surface area contributed by atoms with Gasteiger partial charge in [-0.1, -0.05) is 12.1 Å². The highest BCUT2D eigenvalue weighted by atomic mass is 16.6. The van der Waals surface area contributed by atoms with Gasteiger partial charge in [0, 0.05) is 23.4 Å². The molecule has 0 saturated heterocycles. The van der Waals surface area contributed by atoms with Crippen LogP contribution in [0, 0.1) is 10.1 Å². The van der Waals surface area contributed by atoms with Crippen molar-refractivity contribution in [2.45, 2.75) is 31.8 Å². The van der Waals surface area contributed by atoms with Crippen molar-refractivity contribution in [3.05, 3.63) is 69.3 Å². The summed E-state index contributed by atoms with van der Waals surface area (Å²) in [5.74, 6) is -2.59. The summed E-state index contributed by atoms with van der Waals surface area (Å²) < 4.78 is 0. The van der Waals surface area contributed by atoms with Gasteiger partial charge in [-0.05, 0) is 44.0 Å². The van der Waals surface area contributed by atoms with E-state index in [1.807, 2.05) is 0 Å². The van der Waals surface area contributed by atoms with E-state index in [-0.39, 0.29) is 23.1 Å². The van der Waals surface area contributed by atoms with Gasteiger partial charge >= 0.3 is 0 Å². The lowest BCUT2D eigenvalue weighted by Gasteiger charge is -2.21. The van der Waals surface area contributed by atoms with Crippen LogP contribution in [0.4, 0.5) is 11.4 Å². The van der Waals surface area contributed by atoms with Crippen molar-refractivity contribution in [2.75, 3.05) is 5.32 Å². The van der Waals surface area contributed by atoms with Crippen LogP contribution >= 0.6 is 0 Å². The predicted octanol–water partition coefficient (Wildman–Crippen LogP) is 2.11.